The Morgan fingerprint density at radius 2 is 2.33 bits per heavy atom. The van der Waals surface area contributed by atoms with E-state index in [1.807, 2.05) is 0 Å². The van der Waals surface area contributed by atoms with E-state index in [4.69, 9.17) is 10.5 Å². The van der Waals surface area contributed by atoms with Gasteiger partial charge in [0.15, 0.2) is 0 Å². The summed E-state index contributed by atoms with van der Waals surface area (Å²) < 4.78 is 5.25. The van der Waals surface area contributed by atoms with Crippen molar-refractivity contribution in [1.82, 2.24) is 4.90 Å². The van der Waals surface area contributed by atoms with Gasteiger partial charge in [0.2, 0.25) is 5.91 Å². The van der Waals surface area contributed by atoms with E-state index in [1.54, 1.807) is 18.9 Å². The van der Waals surface area contributed by atoms with Crippen molar-refractivity contribution in [1.29, 1.82) is 0 Å². The van der Waals surface area contributed by atoms with Gasteiger partial charge >= 0.3 is 0 Å². The maximum absolute atomic E-state index is 11.0. The topological polar surface area (TPSA) is 55.6 Å². The molecule has 4 heteroatoms. The molecule has 0 spiro atoms. The first kappa shape index (κ1) is 9.48. The number of likely N-dealkylation sites (N-methyl/N-ethyl adjacent to an activating group) is 1. The zero-order valence-electron chi connectivity index (χ0n) is 7.62. The van der Waals surface area contributed by atoms with E-state index < -0.39 is 0 Å². The first-order valence-electron chi connectivity index (χ1n) is 4.19. The number of hydrogen-bond acceptors (Lipinski definition) is 3. The van der Waals surface area contributed by atoms with E-state index in [-0.39, 0.29) is 18.0 Å². The molecule has 4 nitrogen and oxygen atoms in total. The monoisotopic (exact) mass is 172 g/mol. The lowest BCUT2D eigenvalue weighted by molar-refractivity contribution is -0.132. The molecule has 1 heterocycles. The first-order valence-corrected chi connectivity index (χ1v) is 4.19. The average Bonchev–Trinajstić information content (AvgIpc) is 2.04. The highest BCUT2D eigenvalue weighted by Gasteiger charge is 2.27. The van der Waals surface area contributed by atoms with Crippen LogP contribution in [0.1, 0.15) is 13.3 Å². The molecule has 2 atom stereocenters. The minimum atomic E-state index is 0.0425. The molecule has 1 aliphatic heterocycles. The molecule has 70 valence electrons. The van der Waals surface area contributed by atoms with Crippen molar-refractivity contribution in [3.05, 3.63) is 0 Å². The zero-order chi connectivity index (χ0) is 9.14. The second kappa shape index (κ2) is 3.87. The van der Waals surface area contributed by atoms with E-state index in [9.17, 15) is 4.79 Å². The molecule has 12 heavy (non-hydrogen) atoms. The second-order valence-corrected chi connectivity index (χ2v) is 3.22. The fourth-order valence-corrected chi connectivity index (χ4v) is 1.37. The second-order valence-electron chi connectivity index (χ2n) is 3.22. The van der Waals surface area contributed by atoms with Crippen LogP contribution in [0, 0.1) is 0 Å². The zero-order valence-corrected chi connectivity index (χ0v) is 7.62. The summed E-state index contributed by atoms with van der Waals surface area (Å²) in [6.07, 6.45) is 0.836. The Balaban J connectivity index is 2.53. The molecule has 1 rings (SSSR count). The van der Waals surface area contributed by atoms with Crippen LogP contribution in [-0.2, 0) is 9.53 Å². The molecular formula is C8H16N2O2. The van der Waals surface area contributed by atoms with Crippen molar-refractivity contribution in [3.8, 4) is 0 Å². The number of hydrogen-bond donors (Lipinski definition) is 1. The number of carbonyl (C=O) groups is 1. The van der Waals surface area contributed by atoms with Crippen LogP contribution >= 0.6 is 0 Å². The quantitative estimate of drug-likeness (QED) is 0.584. The predicted molar refractivity (Wildman–Crippen MR) is 45.6 cm³/mol. The van der Waals surface area contributed by atoms with E-state index in [0.29, 0.717) is 13.2 Å². The van der Waals surface area contributed by atoms with Crippen LogP contribution in [0.4, 0.5) is 0 Å². The van der Waals surface area contributed by atoms with Gasteiger partial charge in [-0.15, -0.1) is 0 Å². The van der Waals surface area contributed by atoms with Gasteiger partial charge in [-0.05, 0) is 6.42 Å². The standard InChI is InChI=1S/C8H16N2O2/c1-6(11)10(2)8-5-12-4-3-7(8)9/h7-8H,3-5,9H2,1-2H3. The number of amides is 1. The highest BCUT2D eigenvalue weighted by atomic mass is 16.5. The molecule has 2 N–H and O–H groups in total. The Kier molecular flexibility index (Phi) is 3.05. The summed E-state index contributed by atoms with van der Waals surface area (Å²) in [4.78, 5) is 12.7. The molecule has 1 aliphatic rings. The SMILES string of the molecule is CC(=O)N(C)C1COCCC1N. The molecule has 0 aromatic rings. The van der Waals surface area contributed by atoms with Gasteiger partial charge in [-0.25, -0.2) is 0 Å². The molecule has 1 saturated heterocycles. The van der Waals surface area contributed by atoms with Gasteiger partial charge < -0.3 is 15.4 Å². The average molecular weight is 172 g/mol. The molecule has 0 saturated carbocycles. The van der Waals surface area contributed by atoms with Gasteiger partial charge in [-0.2, -0.15) is 0 Å². The fraction of sp³-hybridized carbons (Fsp3) is 0.875. The minimum Gasteiger partial charge on any atom is -0.379 e. The van der Waals surface area contributed by atoms with Gasteiger partial charge in [0.1, 0.15) is 0 Å². The number of nitrogens with zero attached hydrogens (tertiary/aromatic N) is 1. The summed E-state index contributed by atoms with van der Waals surface area (Å²) in [6, 6.07) is 0.115. The number of carbonyl (C=O) groups excluding carboxylic acids is 1. The highest BCUT2D eigenvalue weighted by molar-refractivity contribution is 5.73. The van der Waals surface area contributed by atoms with Crippen LogP contribution in [0.2, 0.25) is 0 Å². The van der Waals surface area contributed by atoms with Gasteiger partial charge in [-0.3, -0.25) is 4.79 Å². The molecule has 0 aliphatic carbocycles. The van der Waals surface area contributed by atoms with Crippen molar-refractivity contribution < 1.29 is 9.53 Å². The largest absolute Gasteiger partial charge is 0.379 e. The van der Waals surface area contributed by atoms with Gasteiger partial charge in [0.05, 0.1) is 12.6 Å². The minimum absolute atomic E-state index is 0.0425. The third-order valence-corrected chi connectivity index (χ3v) is 2.37. The normalized spacial score (nSPS) is 29.9. The highest BCUT2D eigenvalue weighted by Crippen LogP contribution is 2.10. The van der Waals surface area contributed by atoms with Gasteiger partial charge in [0, 0.05) is 26.6 Å². The predicted octanol–water partition coefficient (Wildman–Crippen LogP) is -0.419. The Morgan fingerprint density at radius 3 is 2.83 bits per heavy atom. The molecular weight excluding hydrogens is 156 g/mol. The van der Waals surface area contributed by atoms with E-state index in [1.165, 1.54) is 0 Å². The van der Waals surface area contributed by atoms with Crippen molar-refractivity contribution in [3.63, 3.8) is 0 Å². The molecule has 2 unspecified atom stereocenters. The smallest absolute Gasteiger partial charge is 0.219 e. The number of ether oxygens (including phenoxy) is 1. The van der Waals surface area contributed by atoms with Gasteiger partial charge in [0.25, 0.3) is 0 Å². The molecule has 0 aromatic carbocycles. The lowest BCUT2D eigenvalue weighted by Gasteiger charge is -2.35. The molecule has 1 amide bonds. The van der Waals surface area contributed by atoms with Crippen molar-refractivity contribution in [2.24, 2.45) is 5.73 Å². The van der Waals surface area contributed by atoms with Crippen LogP contribution < -0.4 is 5.73 Å². The number of nitrogens with two attached hydrogens (primary N) is 1. The van der Waals surface area contributed by atoms with Crippen LogP contribution in [0.15, 0.2) is 0 Å². The Hall–Kier alpha value is -0.610. The van der Waals surface area contributed by atoms with Crippen molar-refractivity contribution >= 4 is 5.91 Å². The van der Waals surface area contributed by atoms with Gasteiger partial charge in [-0.1, -0.05) is 0 Å². The molecule has 0 aromatic heterocycles. The summed E-state index contributed by atoms with van der Waals surface area (Å²) in [5.74, 6) is 0.0425. The molecule has 0 bridgehead atoms. The van der Waals surface area contributed by atoms with Crippen molar-refractivity contribution in [2.45, 2.75) is 25.4 Å². The first-order chi connectivity index (χ1) is 5.63. The Morgan fingerprint density at radius 1 is 1.67 bits per heavy atom. The van der Waals surface area contributed by atoms with Crippen molar-refractivity contribution in [2.75, 3.05) is 20.3 Å². The van der Waals surface area contributed by atoms with Crippen LogP contribution in [0.25, 0.3) is 0 Å². The third-order valence-electron chi connectivity index (χ3n) is 2.37. The lowest BCUT2D eigenvalue weighted by Crippen LogP contribution is -2.53. The Bertz CT molecular complexity index is 172. The van der Waals surface area contributed by atoms with E-state index in [2.05, 4.69) is 0 Å². The summed E-state index contributed by atoms with van der Waals surface area (Å²) in [5, 5.41) is 0. The summed E-state index contributed by atoms with van der Waals surface area (Å²) in [6.45, 7) is 2.82. The van der Waals surface area contributed by atoms with E-state index >= 15 is 0 Å². The summed E-state index contributed by atoms with van der Waals surface area (Å²) in [5.41, 5.74) is 5.84. The maximum atomic E-state index is 11.0. The lowest BCUT2D eigenvalue weighted by atomic mass is 10.0. The summed E-state index contributed by atoms with van der Waals surface area (Å²) in [7, 11) is 1.77. The fourth-order valence-electron chi connectivity index (χ4n) is 1.37. The third kappa shape index (κ3) is 1.95. The van der Waals surface area contributed by atoms with Crippen LogP contribution in [0.5, 0.6) is 0 Å². The molecule has 1 fully saturated rings. The van der Waals surface area contributed by atoms with Crippen LogP contribution in [-0.4, -0.2) is 43.2 Å². The maximum Gasteiger partial charge on any atom is 0.219 e. The number of rotatable bonds is 1. The summed E-state index contributed by atoms with van der Waals surface area (Å²) >= 11 is 0. The molecule has 0 radical (unpaired) electrons. The van der Waals surface area contributed by atoms with Crippen LogP contribution in [0.3, 0.4) is 0 Å². The Labute approximate surface area is 72.7 Å². The van der Waals surface area contributed by atoms with E-state index in [0.717, 1.165) is 6.42 Å².